The lowest BCUT2D eigenvalue weighted by Gasteiger charge is -2.29. The zero-order chi connectivity index (χ0) is 10.5. The number of rotatable bonds is 2. The first-order chi connectivity index (χ1) is 7.36. The van der Waals surface area contributed by atoms with Crippen LogP contribution >= 0.6 is 0 Å². The molecule has 0 spiro atoms. The van der Waals surface area contributed by atoms with Gasteiger partial charge in [-0.3, -0.25) is 5.41 Å². The van der Waals surface area contributed by atoms with Gasteiger partial charge in [0, 0.05) is 19.5 Å². The second kappa shape index (κ2) is 4.94. The number of hydrogen-bond acceptors (Lipinski definition) is 2. The first kappa shape index (κ1) is 10.2. The zero-order valence-electron chi connectivity index (χ0n) is 8.78. The molecule has 15 heavy (non-hydrogen) atoms. The average Bonchev–Trinajstić information content (AvgIpc) is 2.31. The number of amidine groups is 1. The van der Waals surface area contributed by atoms with Gasteiger partial charge in [0.25, 0.3) is 0 Å². The summed E-state index contributed by atoms with van der Waals surface area (Å²) < 4.78 is 5.26. The van der Waals surface area contributed by atoms with Gasteiger partial charge in [0.1, 0.15) is 5.84 Å². The SMILES string of the molecule is N=C(Cc1ccccc1)N1CCOCC1. The summed E-state index contributed by atoms with van der Waals surface area (Å²) in [6.07, 6.45) is 0.723. The van der Waals surface area contributed by atoms with Crippen LogP contribution in [0.3, 0.4) is 0 Å². The normalized spacial score (nSPS) is 16.4. The molecule has 3 nitrogen and oxygen atoms in total. The van der Waals surface area contributed by atoms with E-state index in [9.17, 15) is 0 Å². The van der Waals surface area contributed by atoms with Crippen molar-refractivity contribution in [2.75, 3.05) is 26.3 Å². The molecule has 1 aromatic carbocycles. The maximum absolute atomic E-state index is 7.99. The van der Waals surface area contributed by atoms with Gasteiger partial charge in [0.05, 0.1) is 13.2 Å². The number of morpholine rings is 1. The van der Waals surface area contributed by atoms with E-state index in [1.165, 1.54) is 5.56 Å². The van der Waals surface area contributed by atoms with Crippen LogP contribution < -0.4 is 0 Å². The Morgan fingerprint density at radius 3 is 2.53 bits per heavy atom. The first-order valence-corrected chi connectivity index (χ1v) is 5.30. The lowest BCUT2D eigenvalue weighted by molar-refractivity contribution is 0.0670. The van der Waals surface area contributed by atoms with Gasteiger partial charge in [-0.25, -0.2) is 0 Å². The van der Waals surface area contributed by atoms with Crippen molar-refractivity contribution in [3.05, 3.63) is 35.9 Å². The molecule has 1 aliphatic rings. The van der Waals surface area contributed by atoms with Crippen LogP contribution in [-0.2, 0) is 11.2 Å². The van der Waals surface area contributed by atoms with Gasteiger partial charge in [-0.2, -0.15) is 0 Å². The zero-order valence-corrected chi connectivity index (χ0v) is 8.78. The van der Waals surface area contributed by atoms with Crippen molar-refractivity contribution in [1.29, 1.82) is 5.41 Å². The van der Waals surface area contributed by atoms with Gasteiger partial charge in [0.15, 0.2) is 0 Å². The number of nitrogens with zero attached hydrogens (tertiary/aromatic N) is 1. The Morgan fingerprint density at radius 1 is 1.20 bits per heavy atom. The van der Waals surface area contributed by atoms with Crippen LogP contribution in [0.1, 0.15) is 5.56 Å². The molecule has 80 valence electrons. The molecule has 0 amide bonds. The van der Waals surface area contributed by atoms with E-state index < -0.39 is 0 Å². The molecular weight excluding hydrogens is 188 g/mol. The monoisotopic (exact) mass is 204 g/mol. The number of hydrogen-bond donors (Lipinski definition) is 1. The minimum absolute atomic E-state index is 0.699. The molecule has 2 rings (SSSR count). The van der Waals surface area contributed by atoms with Crippen molar-refractivity contribution in [2.24, 2.45) is 0 Å². The van der Waals surface area contributed by atoms with Crippen LogP contribution in [0.25, 0.3) is 0 Å². The summed E-state index contributed by atoms with van der Waals surface area (Å²) in [4.78, 5) is 2.09. The second-order valence-corrected chi connectivity index (χ2v) is 3.71. The molecule has 0 unspecified atom stereocenters. The van der Waals surface area contributed by atoms with Gasteiger partial charge in [-0.05, 0) is 5.56 Å². The summed E-state index contributed by atoms with van der Waals surface area (Å²) >= 11 is 0. The molecule has 1 aliphatic heterocycles. The highest BCUT2D eigenvalue weighted by atomic mass is 16.5. The van der Waals surface area contributed by atoms with Crippen molar-refractivity contribution in [3.8, 4) is 0 Å². The first-order valence-electron chi connectivity index (χ1n) is 5.30. The van der Waals surface area contributed by atoms with E-state index in [1.54, 1.807) is 0 Å². The number of benzene rings is 1. The Labute approximate surface area is 90.2 Å². The molecule has 1 fully saturated rings. The van der Waals surface area contributed by atoms with Gasteiger partial charge < -0.3 is 9.64 Å². The van der Waals surface area contributed by atoms with E-state index in [4.69, 9.17) is 10.1 Å². The van der Waals surface area contributed by atoms with Gasteiger partial charge in [-0.15, -0.1) is 0 Å². The Morgan fingerprint density at radius 2 is 1.87 bits per heavy atom. The molecule has 0 radical (unpaired) electrons. The summed E-state index contributed by atoms with van der Waals surface area (Å²) in [6.45, 7) is 3.20. The molecule has 1 heterocycles. The lowest BCUT2D eigenvalue weighted by atomic mass is 10.1. The van der Waals surface area contributed by atoms with Crippen molar-refractivity contribution in [1.82, 2.24) is 4.90 Å². The Kier molecular flexibility index (Phi) is 3.35. The fourth-order valence-electron chi connectivity index (χ4n) is 1.73. The highest BCUT2D eigenvalue weighted by molar-refractivity contribution is 5.81. The van der Waals surface area contributed by atoms with Crippen molar-refractivity contribution < 1.29 is 4.74 Å². The summed E-state index contributed by atoms with van der Waals surface area (Å²) in [5.41, 5.74) is 1.20. The smallest absolute Gasteiger partial charge is 0.100 e. The molecule has 0 aliphatic carbocycles. The Balaban J connectivity index is 1.91. The molecule has 1 aromatic rings. The number of nitrogens with one attached hydrogen (secondary N) is 1. The average molecular weight is 204 g/mol. The molecule has 0 saturated carbocycles. The molecule has 0 aromatic heterocycles. The fraction of sp³-hybridized carbons (Fsp3) is 0.417. The van der Waals surface area contributed by atoms with E-state index in [0.717, 1.165) is 32.7 Å². The Bertz CT molecular complexity index is 318. The van der Waals surface area contributed by atoms with E-state index in [0.29, 0.717) is 5.84 Å². The standard InChI is InChI=1S/C12H16N2O/c13-12(14-6-8-15-9-7-14)10-11-4-2-1-3-5-11/h1-5,13H,6-10H2. The highest BCUT2D eigenvalue weighted by Crippen LogP contribution is 2.05. The number of ether oxygens (including phenoxy) is 1. The maximum atomic E-state index is 7.99. The minimum Gasteiger partial charge on any atom is -0.378 e. The predicted octanol–water partition coefficient (Wildman–Crippen LogP) is 1.54. The van der Waals surface area contributed by atoms with Crippen LogP contribution in [0, 0.1) is 5.41 Å². The largest absolute Gasteiger partial charge is 0.378 e. The van der Waals surface area contributed by atoms with E-state index in [1.807, 2.05) is 18.2 Å². The van der Waals surface area contributed by atoms with Crippen LogP contribution in [0.4, 0.5) is 0 Å². The molecule has 3 heteroatoms. The van der Waals surface area contributed by atoms with Crippen LogP contribution in [0.2, 0.25) is 0 Å². The van der Waals surface area contributed by atoms with Crippen molar-refractivity contribution in [2.45, 2.75) is 6.42 Å². The summed E-state index contributed by atoms with van der Waals surface area (Å²) in [6, 6.07) is 10.2. The summed E-state index contributed by atoms with van der Waals surface area (Å²) in [7, 11) is 0. The van der Waals surface area contributed by atoms with E-state index in [2.05, 4.69) is 17.0 Å². The van der Waals surface area contributed by atoms with Crippen LogP contribution in [0.5, 0.6) is 0 Å². The molecule has 0 atom stereocenters. The van der Waals surface area contributed by atoms with Gasteiger partial charge in [0.2, 0.25) is 0 Å². The van der Waals surface area contributed by atoms with Crippen LogP contribution in [0.15, 0.2) is 30.3 Å². The van der Waals surface area contributed by atoms with Gasteiger partial charge >= 0.3 is 0 Å². The van der Waals surface area contributed by atoms with Crippen molar-refractivity contribution >= 4 is 5.84 Å². The quantitative estimate of drug-likeness (QED) is 0.586. The van der Waals surface area contributed by atoms with Crippen molar-refractivity contribution in [3.63, 3.8) is 0 Å². The minimum atomic E-state index is 0.699. The topological polar surface area (TPSA) is 36.3 Å². The predicted molar refractivity (Wildman–Crippen MR) is 60.3 cm³/mol. The summed E-state index contributed by atoms with van der Waals surface area (Å²) in [5.74, 6) is 0.699. The van der Waals surface area contributed by atoms with Crippen LogP contribution in [-0.4, -0.2) is 37.0 Å². The molecule has 0 bridgehead atoms. The van der Waals surface area contributed by atoms with E-state index in [-0.39, 0.29) is 0 Å². The third-order valence-corrected chi connectivity index (χ3v) is 2.61. The molecular formula is C12H16N2O. The second-order valence-electron chi connectivity index (χ2n) is 3.71. The fourth-order valence-corrected chi connectivity index (χ4v) is 1.73. The molecule has 1 saturated heterocycles. The molecule has 1 N–H and O–H groups in total. The maximum Gasteiger partial charge on any atom is 0.100 e. The van der Waals surface area contributed by atoms with Gasteiger partial charge in [-0.1, -0.05) is 30.3 Å². The Hall–Kier alpha value is -1.35. The van der Waals surface area contributed by atoms with E-state index >= 15 is 0 Å². The third kappa shape index (κ3) is 2.80. The lowest BCUT2D eigenvalue weighted by Crippen LogP contribution is -2.41. The third-order valence-electron chi connectivity index (χ3n) is 2.61. The summed E-state index contributed by atoms with van der Waals surface area (Å²) in [5, 5.41) is 7.99. The highest BCUT2D eigenvalue weighted by Gasteiger charge is 2.13.